The minimum absolute atomic E-state index is 0. The van der Waals surface area contributed by atoms with Gasteiger partial charge in [0, 0.05) is 6.42 Å². The van der Waals surface area contributed by atoms with Crippen LogP contribution in [0.25, 0.3) is 0 Å². The molecule has 1 atom stereocenters. The van der Waals surface area contributed by atoms with Gasteiger partial charge in [-0.05, 0) is 24.8 Å². The molecule has 0 saturated carbocycles. The first-order valence-electron chi connectivity index (χ1n) is 4.42. The van der Waals surface area contributed by atoms with Crippen molar-refractivity contribution in [3.05, 3.63) is 19.3 Å². The molecule has 0 heterocycles. The van der Waals surface area contributed by atoms with E-state index in [-0.39, 0.29) is 94.4 Å². The summed E-state index contributed by atoms with van der Waals surface area (Å²) in [6, 6.07) is 0. The van der Waals surface area contributed by atoms with Crippen molar-refractivity contribution in [2.24, 2.45) is 5.92 Å². The number of hydrogen-bond donors (Lipinski definition) is 0. The van der Waals surface area contributed by atoms with Crippen LogP contribution in [-0.2, 0) is 14.3 Å². The van der Waals surface area contributed by atoms with Crippen molar-refractivity contribution >= 4 is 10.1 Å². The summed E-state index contributed by atoms with van der Waals surface area (Å²) in [6.07, 6.45) is 3.00. The van der Waals surface area contributed by atoms with E-state index in [1.54, 1.807) is 0 Å². The third kappa shape index (κ3) is 6.35. The van der Waals surface area contributed by atoms with Crippen LogP contribution in [0.4, 0.5) is 13.2 Å². The Bertz CT molecular complexity index is 362. The average Bonchev–Trinajstić information content (AvgIpc) is 2.00. The zero-order valence-electron chi connectivity index (χ0n) is 10.0. The number of hydrogen-bond acceptors (Lipinski definition) is 3. The normalized spacial score (nSPS) is 20.7. The molecule has 0 radical (unpaired) electrons. The van der Waals surface area contributed by atoms with E-state index in [4.69, 9.17) is 0 Å². The van der Waals surface area contributed by atoms with E-state index in [0.29, 0.717) is 6.42 Å². The Morgan fingerprint density at radius 3 is 2.35 bits per heavy atom. The van der Waals surface area contributed by atoms with E-state index in [9.17, 15) is 21.6 Å². The first kappa shape index (κ1) is 20.6. The molecule has 0 aliphatic heterocycles. The van der Waals surface area contributed by atoms with E-state index in [0.717, 1.165) is 6.42 Å². The SMILES string of the molecule is CC1CCC=C(OS(=O)(=O)C(F)(F)F)C1.[CH3-].[Cs+]. The van der Waals surface area contributed by atoms with Crippen molar-refractivity contribution in [2.45, 2.75) is 31.7 Å². The molecule has 0 bridgehead atoms. The molecule has 0 N–H and O–H groups in total. The summed E-state index contributed by atoms with van der Waals surface area (Å²) in [6.45, 7) is 1.83. The van der Waals surface area contributed by atoms with Gasteiger partial charge < -0.3 is 11.6 Å². The van der Waals surface area contributed by atoms with Gasteiger partial charge in [0.25, 0.3) is 0 Å². The first-order chi connectivity index (χ1) is 6.72. The monoisotopic (exact) mass is 392 g/mol. The Labute approximate surface area is 159 Å². The molecule has 1 aliphatic carbocycles. The Hall–Kier alpha value is 1.33. The topological polar surface area (TPSA) is 43.4 Å². The van der Waals surface area contributed by atoms with Crippen molar-refractivity contribution in [3.8, 4) is 0 Å². The van der Waals surface area contributed by atoms with Crippen LogP contribution < -0.4 is 68.9 Å². The fraction of sp³-hybridized carbons (Fsp3) is 0.667. The molecule has 1 aliphatic rings. The van der Waals surface area contributed by atoms with Crippen molar-refractivity contribution in [2.75, 3.05) is 0 Å². The molecule has 3 nitrogen and oxygen atoms in total. The standard InChI is InChI=1S/C8H11F3O3S.CH3.Cs/c1-6-3-2-4-7(5-6)14-15(12,13)8(9,10)11;;/h4,6H,2-3,5H2,1H3;1H3;/q;-1;+1. The Kier molecular flexibility index (Phi) is 9.48. The largest absolute Gasteiger partial charge is 1.00 e. The maximum absolute atomic E-state index is 11.9. The van der Waals surface area contributed by atoms with Gasteiger partial charge in [-0.1, -0.05) is 6.92 Å². The smallest absolute Gasteiger partial charge is 0.381 e. The Morgan fingerprint density at radius 2 is 1.94 bits per heavy atom. The zero-order chi connectivity index (χ0) is 11.7. The third-order valence-electron chi connectivity index (χ3n) is 2.08. The number of rotatable bonds is 2. The van der Waals surface area contributed by atoms with Gasteiger partial charge in [-0.15, -0.1) is 0 Å². The predicted molar refractivity (Wildman–Crippen MR) is 53.6 cm³/mol. The maximum atomic E-state index is 11.9. The van der Waals surface area contributed by atoms with E-state index >= 15 is 0 Å². The van der Waals surface area contributed by atoms with E-state index in [2.05, 4.69) is 4.18 Å². The van der Waals surface area contributed by atoms with Crippen molar-refractivity contribution in [1.29, 1.82) is 0 Å². The molecule has 96 valence electrons. The van der Waals surface area contributed by atoms with Gasteiger partial charge in [-0.2, -0.15) is 21.6 Å². The van der Waals surface area contributed by atoms with Crippen molar-refractivity contribution < 1.29 is 94.7 Å². The van der Waals surface area contributed by atoms with Crippen LogP contribution in [-0.4, -0.2) is 13.9 Å². The summed E-state index contributed by atoms with van der Waals surface area (Å²) in [5, 5.41) is 0. The fourth-order valence-corrected chi connectivity index (χ4v) is 1.83. The summed E-state index contributed by atoms with van der Waals surface area (Å²) in [5.74, 6) is 0.0412. The molecule has 8 heteroatoms. The fourth-order valence-electron chi connectivity index (χ4n) is 1.31. The molecule has 17 heavy (non-hydrogen) atoms. The number of allylic oxidation sites excluding steroid dienone is 2. The van der Waals surface area contributed by atoms with E-state index in [1.165, 1.54) is 6.08 Å². The van der Waals surface area contributed by atoms with E-state index in [1.807, 2.05) is 6.92 Å². The quantitative estimate of drug-likeness (QED) is 0.378. The molecule has 0 spiro atoms. The van der Waals surface area contributed by atoms with Crippen LogP contribution in [0.15, 0.2) is 11.8 Å². The van der Waals surface area contributed by atoms with E-state index < -0.39 is 15.6 Å². The van der Waals surface area contributed by atoms with Crippen LogP contribution in [0, 0.1) is 13.3 Å². The molecule has 0 aromatic rings. The third-order valence-corrected chi connectivity index (χ3v) is 3.08. The average molecular weight is 392 g/mol. The second-order valence-electron chi connectivity index (χ2n) is 3.54. The minimum atomic E-state index is -5.49. The van der Waals surface area contributed by atoms with Gasteiger partial charge in [0.1, 0.15) is 5.76 Å². The van der Waals surface area contributed by atoms with Crippen LogP contribution >= 0.6 is 0 Å². The molecular weight excluding hydrogens is 378 g/mol. The van der Waals surface area contributed by atoms with Gasteiger partial charge in [0.05, 0.1) is 0 Å². The van der Waals surface area contributed by atoms with Crippen LogP contribution in [0.3, 0.4) is 0 Å². The maximum Gasteiger partial charge on any atom is 1.00 e. The van der Waals surface area contributed by atoms with Crippen molar-refractivity contribution in [3.63, 3.8) is 0 Å². The number of alkyl halides is 3. The Morgan fingerprint density at radius 1 is 1.41 bits per heavy atom. The second kappa shape index (κ2) is 7.81. The molecule has 0 fully saturated rings. The molecule has 0 aromatic carbocycles. The van der Waals surface area contributed by atoms with Gasteiger partial charge in [0.15, 0.2) is 0 Å². The summed E-state index contributed by atoms with van der Waals surface area (Å²) in [7, 11) is -5.49. The second-order valence-corrected chi connectivity index (χ2v) is 5.08. The van der Waals surface area contributed by atoms with Crippen LogP contribution in [0.5, 0.6) is 0 Å². The molecule has 0 saturated heterocycles. The molecule has 1 rings (SSSR count). The summed E-state index contributed by atoms with van der Waals surface area (Å²) >= 11 is 0. The molecular formula is C9H14CsF3O3S. The summed E-state index contributed by atoms with van der Waals surface area (Å²) < 4.78 is 61.1. The number of halogens is 3. The van der Waals surface area contributed by atoms with Crippen LogP contribution in [0.1, 0.15) is 26.2 Å². The molecule has 1 unspecified atom stereocenters. The van der Waals surface area contributed by atoms with Gasteiger partial charge in [-0.3, -0.25) is 0 Å². The summed E-state index contributed by atoms with van der Waals surface area (Å²) in [4.78, 5) is 0. The first-order valence-corrected chi connectivity index (χ1v) is 5.83. The van der Waals surface area contributed by atoms with Gasteiger partial charge in [0.2, 0.25) is 0 Å². The zero-order valence-corrected chi connectivity index (χ0v) is 17.1. The predicted octanol–water partition coefficient (Wildman–Crippen LogP) is 0.0108. The molecule has 0 aromatic heterocycles. The Balaban J connectivity index is 0. The van der Waals surface area contributed by atoms with Crippen LogP contribution in [0.2, 0.25) is 0 Å². The summed E-state index contributed by atoms with van der Waals surface area (Å²) in [5.41, 5.74) is -5.35. The minimum Gasteiger partial charge on any atom is -0.381 e. The van der Waals surface area contributed by atoms with Crippen molar-refractivity contribution in [1.82, 2.24) is 0 Å². The van der Waals surface area contributed by atoms with Gasteiger partial charge >= 0.3 is 84.5 Å². The van der Waals surface area contributed by atoms with Gasteiger partial charge in [-0.25, -0.2) is 0 Å². The molecule has 0 amide bonds.